The molecular weight excluding hydrogens is 448 g/mol. The van der Waals surface area contributed by atoms with Crippen molar-refractivity contribution in [1.82, 2.24) is 9.80 Å². The molecule has 34 heavy (non-hydrogen) atoms. The van der Waals surface area contributed by atoms with Crippen molar-refractivity contribution in [2.24, 2.45) is 0 Å². The molecule has 5 nitrogen and oxygen atoms in total. The van der Waals surface area contributed by atoms with Crippen LogP contribution < -0.4 is 9.47 Å². The number of hydrogen-bond donors (Lipinski definition) is 1. The van der Waals surface area contributed by atoms with E-state index >= 15 is 0 Å². The quantitative estimate of drug-likeness (QED) is 0.461. The van der Waals surface area contributed by atoms with Crippen molar-refractivity contribution in [3.05, 3.63) is 58.6 Å². The molecule has 2 aliphatic heterocycles. The smallest absolute Gasteiger partial charge is 0.138 e. The van der Waals surface area contributed by atoms with Gasteiger partial charge >= 0.3 is 0 Å². The Hall–Kier alpha value is -1.79. The zero-order chi connectivity index (χ0) is 23.8. The number of nitrogens with zero attached hydrogens (tertiary/aromatic N) is 2. The third-order valence-electron chi connectivity index (χ3n) is 7.01. The van der Waals surface area contributed by atoms with Crippen molar-refractivity contribution < 1.29 is 14.6 Å². The van der Waals surface area contributed by atoms with Gasteiger partial charge in [-0.1, -0.05) is 36.2 Å². The molecular formula is C28H39ClN2O3. The predicted molar refractivity (Wildman–Crippen MR) is 138 cm³/mol. The van der Waals surface area contributed by atoms with Crippen molar-refractivity contribution in [2.75, 3.05) is 45.9 Å². The average Bonchev–Trinajstić information content (AvgIpc) is 2.85. The maximum absolute atomic E-state index is 11.0. The fourth-order valence-electron chi connectivity index (χ4n) is 4.86. The zero-order valence-electron chi connectivity index (χ0n) is 20.5. The minimum atomic E-state index is -0.817. The van der Waals surface area contributed by atoms with Gasteiger partial charge in [-0.05, 0) is 87.5 Å². The van der Waals surface area contributed by atoms with Gasteiger partial charge in [-0.3, -0.25) is 4.90 Å². The first-order valence-electron chi connectivity index (χ1n) is 12.8. The van der Waals surface area contributed by atoms with E-state index in [-0.39, 0.29) is 6.61 Å². The van der Waals surface area contributed by atoms with Gasteiger partial charge in [0.05, 0.1) is 11.6 Å². The minimum Gasteiger partial charge on any atom is -0.494 e. The van der Waals surface area contributed by atoms with Gasteiger partial charge in [0.2, 0.25) is 0 Å². The van der Waals surface area contributed by atoms with Crippen molar-refractivity contribution in [3.8, 4) is 11.5 Å². The number of aliphatic hydroxyl groups is 1. The number of benzene rings is 2. The van der Waals surface area contributed by atoms with Gasteiger partial charge in [-0.15, -0.1) is 0 Å². The van der Waals surface area contributed by atoms with E-state index in [1.807, 2.05) is 31.2 Å². The van der Waals surface area contributed by atoms with Gasteiger partial charge in [0, 0.05) is 26.2 Å². The first-order chi connectivity index (χ1) is 16.5. The number of ether oxygens (including phenoxy) is 2. The third-order valence-corrected chi connectivity index (χ3v) is 7.32. The molecule has 186 valence electrons. The Morgan fingerprint density at radius 3 is 2.53 bits per heavy atom. The Balaban J connectivity index is 1.19. The Morgan fingerprint density at radius 2 is 1.74 bits per heavy atom. The molecule has 0 atom stereocenters. The number of hydrogen-bond acceptors (Lipinski definition) is 5. The van der Waals surface area contributed by atoms with Crippen LogP contribution in [0.2, 0.25) is 5.02 Å². The molecule has 0 spiro atoms. The standard InChI is InChI=1S/C28H39ClN2O3/c1-23-9-10-26(29)27(19-23)34-22-28(32)11-16-31(17-12-28)21-24-7-5-8-25(20-24)33-18-6-15-30-13-3-2-4-14-30/h5,7-10,19-20,32H,2-4,6,11-18,21-22H2,1H3. The maximum Gasteiger partial charge on any atom is 0.138 e. The molecule has 0 aromatic heterocycles. The summed E-state index contributed by atoms with van der Waals surface area (Å²) in [6.45, 7) is 9.20. The van der Waals surface area contributed by atoms with E-state index in [0.717, 1.165) is 50.5 Å². The summed E-state index contributed by atoms with van der Waals surface area (Å²) >= 11 is 6.23. The SMILES string of the molecule is Cc1ccc(Cl)c(OCC2(O)CCN(Cc3cccc(OCCCN4CCCCC4)c3)CC2)c1. The molecule has 0 radical (unpaired) electrons. The van der Waals surface area contributed by atoms with Gasteiger partial charge in [-0.2, -0.15) is 0 Å². The van der Waals surface area contributed by atoms with Crippen LogP contribution in [0.3, 0.4) is 0 Å². The van der Waals surface area contributed by atoms with Gasteiger partial charge < -0.3 is 19.5 Å². The fourth-order valence-corrected chi connectivity index (χ4v) is 5.03. The molecule has 0 saturated carbocycles. The van der Waals surface area contributed by atoms with Crippen LogP contribution in [0.25, 0.3) is 0 Å². The molecule has 0 amide bonds. The minimum absolute atomic E-state index is 0.269. The third kappa shape index (κ3) is 7.61. The number of aryl methyl sites for hydroxylation is 1. The highest BCUT2D eigenvalue weighted by Gasteiger charge is 2.33. The van der Waals surface area contributed by atoms with Crippen molar-refractivity contribution >= 4 is 11.6 Å². The lowest BCUT2D eigenvalue weighted by molar-refractivity contribution is -0.0537. The van der Waals surface area contributed by atoms with Crippen LogP contribution in [-0.4, -0.2) is 66.4 Å². The molecule has 2 aromatic carbocycles. The molecule has 2 fully saturated rings. The van der Waals surface area contributed by atoms with Crippen molar-refractivity contribution in [3.63, 3.8) is 0 Å². The summed E-state index contributed by atoms with van der Waals surface area (Å²) < 4.78 is 11.9. The Kier molecular flexibility index (Phi) is 9.12. The van der Waals surface area contributed by atoms with Gasteiger partial charge in [0.1, 0.15) is 23.7 Å². The number of rotatable bonds is 10. The second-order valence-corrected chi connectivity index (χ2v) is 10.4. The summed E-state index contributed by atoms with van der Waals surface area (Å²) in [5, 5.41) is 11.6. The Labute approximate surface area is 209 Å². The summed E-state index contributed by atoms with van der Waals surface area (Å²) in [5.41, 5.74) is 1.53. The van der Waals surface area contributed by atoms with Crippen molar-refractivity contribution in [1.29, 1.82) is 0 Å². The topological polar surface area (TPSA) is 45.2 Å². The molecule has 1 N–H and O–H groups in total. The van der Waals surface area contributed by atoms with Gasteiger partial charge in [0.25, 0.3) is 0 Å². The number of likely N-dealkylation sites (tertiary alicyclic amines) is 2. The highest BCUT2D eigenvalue weighted by molar-refractivity contribution is 6.32. The largest absolute Gasteiger partial charge is 0.494 e. The number of halogens is 1. The van der Waals surface area contributed by atoms with E-state index in [2.05, 4.69) is 28.0 Å². The first kappa shape index (κ1) is 25.3. The second-order valence-electron chi connectivity index (χ2n) is 9.97. The maximum atomic E-state index is 11.0. The molecule has 2 aromatic rings. The Bertz CT molecular complexity index is 908. The summed E-state index contributed by atoms with van der Waals surface area (Å²) in [5.74, 6) is 1.60. The molecule has 6 heteroatoms. The van der Waals surface area contributed by atoms with E-state index in [0.29, 0.717) is 23.6 Å². The summed E-state index contributed by atoms with van der Waals surface area (Å²) in [4.78, 5) is 4.95. The molecule has 2 saturated heterocycles. The monoisotopic (exact) mass is 486 g/mol. The van der Waals surface area contributed by atoms with Crippen LogP contribution in [0.1, 0.15) is 49.7 Å². The van der Waals surface area contributed by atoms with E-state index in [1.165, 1.54) is 37.9 Å². The van der Waals surface area contributed by atoms with E-state index in [4.69, 9.17) is 21.1 Å². The molecule has 2 aliphatic rings. The van der Waals surface area contributed by atoms with E-state index in [1.54, 1.807) is 0 Å². The van der Waals surface area contributed by atoms with Crippen LogP contribution in [0, 0.1) is 6.92 Å². The van der Waals surface area contributed by atoms with Crippen LogP contribution in [0.15, 0.2) is 42.5 Å². The molecule has 2 heterocycles. The van der Waals surface area contributed by atoms with Crippen LogP contribution in [-0.2, 0) is 6.54 Å². The predicted octanol–water partition coefficient (Wildman–Crippen LogP) is 5.31. The van der Waals surface area contributed by atoms with Gasteiger partial charge in [0.15, 0.2) is 0 Å². The second kappa shape index (κ2) is 12.3. The molecule has 4 rings (SSSR count). The Morgan fingerprint density at radius 1 is 0.941 bits per heavy atom. The average molecular weight is 487 g/mol. The lowest BCUT2D eigenvalue weighted by Gasteiger charge is -2.38. The fraction of sp³-hybridized carbons (Fsp3) is 0.571. The van der Waals surface area contributed by atoms with E-state index < -0.39 is 5.60 Å². The molecule has 0 unspecified atom stereocenters. The summed E-state index contributed by atoms with van der Waals surface area (Å²) in [7, 11) is 0. The van der Waals surface area contributed by atoms with Crippen LogP contribution >= 0.6 is 11.6 Å². The van der Waals surface area contributed by atoms with Crippen molar-refractivity contribution in [2.45, 2.75) is 57.6 Å². The molecule has 0 bridgehead atoms. The zero-order valence-corrected chi connectivity index (χ0v) is 21.2. The van der Waals surface area contributed by atoms with Crippen LogP contribution in [0.4, 0.5) is 0 Å². The summed E-state index contributed by atoms with van der Waals surface area (Å²) in [6, 6.07) is 14.2. The molecule has 0 aliphatic carbocycles. The summed E-state index contributed by atoms with van der Waals surface area (Å²) in [6.07, 6.45) is 6.50. The lowest BCUT2D eigenvalue weighted by Crippen LogP contribution is -2.47. The van der Waals surface area contributed by atoms with E-state index in [9.17, 15) is 5.11 Å². The normalized spacial score (nSPS) is 19.1. The van der Waals surface area contributed by atoms with Crippen LogP contribution in [0.5, 0.6) is 11.5 Å². The first-order valence-corrected chi connectivity index (χ1v) is 13.1. The lowest BCUT2D eigenvalue weighted by atomic mass is 9.92. The number of piperidine rings is 2. The van der Waals surface area contributed by atoms with Gasteiger partial charge in [-0.25, -0.2) is 0 Å². The highest BCUT2D eigenvalue weighted by atomic mass is 35.5. The highest BCUT2D eigenvalue weighted by Crippen LogP contribution is 2.29.